The maximum absolute atomic E-state index is 9.11. The van der Waals surface area contributed by atoms with E-state index in [4.69, 9.17) is 10.00 Å². The first kappa shape index (κ1) is 10.8. The van der Waals surface area contributed by atoms with Gasteiger partial charge in [-0.15, -0.1) is 0 Å². The van der Waals surface area contributed by atoms with Crippen molar-refractivity contribution < 1.29 is 4.74 Å². The average Bonchev–Trinajstić information content (AvgIpc) is 2.78. The highest BCUT2D eigenvalue weighted by atomic mass is 16.5. The maximum atomic E-state index is 9.11. The molecular weight excluding hydrogens is 216 g/mol. The number of ether oxygens (including phenoxy) is 1. The van der Waals surface area contributed by atoms with Gasteiger partial charge in [-0.2, -0.15) is 10.4 Å². The van der Waals surface area contributed by atoms with Crippen LogP contribution in [0.25, 0.3) is 0 Å². The summed E-state index contributed by atoms with van der Waals surface area (Å²) in [6.07, 6.45) is 3.08. The van der Waals surface area contributed by atoms with E-state index in [0.717, 1.165) is 44.5 Å². The lowest BCUT2D eigenvalue weighted by Crippen LogP contribution is -2.31. The van der Waals surface area contributed by atoms with Crippen molar-refractivity contribution in [1.29, 1.82) is 5.26 Å². The Labute approximate surface area is 100 Å². The zero-order chi connectivity index (χ0) is 11.7. The number of nitrogens with one attached hydrogen (secondary N) is 1. The molecular formula is C12H16N4O. The van der Waals surface area contributed by atoms with Gasteiger partial charge in [-0.25, -0.2) is 0 Å². The van der Waals surface area contributed by atoms with Gasteiger partial charge in [0, 0.05) is 17.7 Å². The largest absolute Gasteiger partial charge is 0.376 e. The van der Waals surface area contributed by atoms with Gasteiger partial charge in [0.2, 0.25) is 0 Å². The van der Waals surface area contributed by atoms with Crippen LogP contribution in [0.15, 0.2) is 0 Å². The molecule has 1 aromatic rings. The third-order valence-electron chi connectivity index (χ3n) is 3.61. The molecule has 90 valence electrons. The minimum absolute atomic E-state index is 0.449. The Hall–Kier alpha value is -1.38. The fourth-order valence-electron chi connectivity index (χ4n) is 2.71. The van der Waals surface area contributed by atoms with Crippen molar-refractivity contribution in [3.05, 3.63) is 17.0 Å². The quantitative estimate of drug-likeness (QED) is 0.776. The lowest BCUT2D eigenvalue weighted by atomic mass is 10.0. The first-order valence-electron chi connectivity index (χ1n) is 6.19. The molecule has 0 spiro atoms. The van der Waals surface area contributed by atoms with E-state index < -0.39 is 0 Å². The van der Waals surface area contributed by atoms with Gasteiger partial charge in [0.05, 0.1) is 19.3 Å². The number of fused-ring (bicyclic) bond motifs is 1. The maximum Gasteiger partial charge on any atom is 0.168 e. The molecule has 2 aliphatic heterocycles. The third kappa shape index (κ3) is 1.84. The van der Waals surface area contributed by atoms with Crippen molar-refractivity contribution in [1.82, 2.24) is 15.1 Å². The highest BCUT2D eigenvalue weighted by Crippen LogP contribution is 2.27. The van der Waals surface area contributed by atoms with Crippen molar-refractivity contribution in [2.75, 3.05) is 19.7 Å². The number of piperidine rings is 1. The summed E-state index contributed by atoms with van der Waals surface area (Å²) in [5.74, 6) is 0. The summed E-state index contributed by atoms with van der Waals surface area (Å²) in [4.78, 5) is 0. The Bertz CT molecular complexity index is 454. The van der Waals surface area contributed by atoms with Gasteiger partial charge in [-0.05, 0) is 25.9 Å². The number of nitriles is 1. The van der Waals surface area contributed by atoms with Gasteiger partial charge in [-0.1, -0.05) is 0 Å². The Balaban J connectivity index is 1.98. The van der Waals surface area contributed by atoms with E-state index in [-0.39, 0.29) is 0 Å². The van der Waals surface area contributed by atoms with Crippen LogP contribution in [0.1, 0.15) is 35.8 Å². The van der Waals surface area contributed by atoms with Crippen molar-refractivity contribution in [3.63, 3.8) is 0 Å². The van der Waals surface area contributed by atoms with Crippen LogP contribution in [0.4, 0.5) is 0 Å². The van der Waals surface area contributed by atoms with Crippen molar-refractivity contribution in [3.8, 4) is 6.07 Å². The molecule has 0 unspecified atom stereocenters. The fourth-order valence-corrected chi connectivity index (χ4v) is 2.71. The molecule has 1 saturated heterocycles. The van der Waals surface area contributed by atoms with Crippen LogP contribution < -0.4 is 5.32 Å². The van der Waals surface area contributed by atoms with E-state index in [0.29, 0.717) is 18.3 Å². The third-order valence-corrected chi connectivity index (χ3v) is 3.61. The van der Waals surface area contributed by atoms with Gasteiger partial charge in [0.25, 0.3) is 0 Å². The first-order valence-corrected chi connectivity index (χ1v) is 6.19. The van der Waals surface area contributed by atoms with Crippen LogP contribution in [-0.2, 0) is 17.8 Å². The summed E-state index contributed by atoms with van der Waals surface area (Å²) < 4.78 is 7.52. The molecule has 5 heteroatoms. The molecule has 1 aromatic heterocycles. The summed E-state index contributed by atoms with van der Waals surface area (Å²) in [5, 5.41) is 16.9. The molecule has 1 N–H and O–H groups in total. The second-order valence-corrected chi connectivity index (χ2v) is 4.61. The molecule has 0 amide bonds. The molecule has 3 rings (SSSR count). The Morgan fingerprint density at radius 3 is 3.00 bits per heavy atom. The summed E-state index contributed by atoms with van der Waals surface area (Å²) in [5.41, 5.74) is 2.79. The predicted octanol–water partition coefficient (Wildman–Crippen LogP) is 0.752. The van der Waals surface area contributed by atoms with E-state index in [1.54, 1.807) is 0 Å². The minimum Gasteiger partial charge on any atom is -0.376 e. The summed E-state index contributed by atoms with van der Waals surface area (Å²) in [6.45, 7) is 3.37. The fraction of sp³-hybridized carbons (Fsp3) is 0.667. The highest BCUT2D eigenvalue weighted by Gasteiger charge is 2.26. The lowest BCUT2D eigenvalue weighted by Gasteiger charge is -2.25. The van der Waals surface area contributed by atoms with Crippen LogP contribution >= 0.6 is 0 Å². The molecule has 0 atom stereocenters. The molecule has 0 saturated carbocycles. The molecule has 0 bridgehead atoms. The van der Waals surface area contributed by atoms with E-state index in [1.807, 2.05) is 0 Å². The molecule has 0 aliphatic carbocycles. The van der Waals surface area contributed by atoms with Gasteiger partial charge in [0.1, 0.15) is 6.07 Å². The van der Waals surface area contributed by atoms with E-state index >= 15 is 0 Å². The van der Waals surface area contributed by atoms with Gasteiger partial charge < -0.3 is 10.1 Å². The minimum atomic E-state index is 0.449. The molecule has 1 fully saturated rings. The number of hydrogen-bond donors (Lipinski definition) is 1. The zero-order valence-electron chi connectivity index (χ0n) is 9.78. The number of hydrogen-bond acceptors (Lipinski definition) is 4. The predicted molar refractivity (Wildman–Crippen MR) is 61.4 cm³/mol. The topological polar surface area (TPSA) is 62.9 Å². The Kier molecular flexibility index (Phi) is 2.83. The van der Waals surface area contributed by atoms with Gasteiger partial charge in [-0.3, -0.25) is 4.68 Å². The highest BCUT2D eigenvalue weighted by molar-refractivity contribution is 5.36. The zero-order valence-corrected chi connectivity index (χ0v) is 9.78. The van der Waals surface area contributed by atoms with E-state index in [9.17, 15) is 0 Å². The van der Waals surface area contributed by atoms with Gasteiger partial charge >= 0.3 is 0 Å². The van der Waals surface area contributed by atoms with Crippen molar-refractivity contribution in [2.24, 2.45) is 0 Å². The van der Waals surface area contributed by atoms with Crippen LogP contribution in [-0.4, -0.2) is 29.5 Å². The normalized spacial score (nSPS) is 20.9. The molecule has 2 aliphatic rings. The van der Waals surface area contributed by atoms with Gasteiger partial charge in [0.15, 0.2) is 5.69 Å². The monoisotopic (exact) mass is 232 g/mol. The summed E-state index contributed by atoms with van der Waals surface area (Å²) in [6, 6.07) is 2.64. The molecule has 3 heterocycles. The summed E-state index contributed by atoms with van der Waals surface area (Å²) in [7, 11) is 0. The van der Waals surface area contributed by atoms with Crippen molar-refractivity contribution in [2.45, 2.75) is 31.9 Å². The SMILES string of the molecule is N#Cc1nn(C2CCNCC2)c2c1COCC2. The van der Waals surface area contributed by atoms with Crippen LogP contribution in [0.5, 0.6) is 0 Å². The Morgan fingerprint density at radius 1 is 1.41 bits per heavy atom. The van der Waals surface area contributed by atoms with Crippen LogP contribution in [0, 0.1) is 11.3 Å². The molecule has 0 aromatic carbocycles. The number of aromatic nitrogens is 2. The molecule has 5 nitrogen and oxygen atoms in total. The smallest absolute Gasteiger partial charge is 0.168 e. The van der Waals surface area contributed by atoms with Crippen LogP contribution in [0.3, 0.4) is 0 Å². The second kappa shape index (κ2) is 4.47. The standard InChI is InChI=1S/C12H16N4O/c13-7-11-10-8-17-6-3-12(10)16(15-11)9-1-4-14-5-2-9/h9,14H,1-6,8H2. The number of rotatable bonds is 1. The molecule has 0 radical (unpaired) electrons. The average molecular weight is 232 g/mol. The van der Waals surface area contributed by atoms with Crippen LogP contribution in [0.2, 0.25) is 0 Å². The first-order chi connectivity index (χ1) is 8.40. The molecule has 17 heavy (non-hydrogen) atoms. The lowest BCUT2D eigenvalue weighted by molar-refractivity contribution is 0.107. The van der Waals surface area contributed by atoms with E-state index in [1.165, 1.54) is 5.69 Å². The second-order valence-electron chi connectivity index (χ2n) is 4.61. The Morgan fingerprint density at radius 2 is 2.24 bits per heavy atom. The van der Waals surface area contributed by atoms with E-state index in [2.05, 4.69) is 21.2 Å². The number of nitrogens with zero attached hydrogens (tertiary/aromatic N) is 3. The van der Waals surface area contributed by atoms with Crippen molar-refractivity contribution >= 4 is 0 Å². The summed E-state index contributed by atoms with van der Waals surface area (Å²) >= 11 is 0.